The van der Waals surface area contributed by atoms with Crippen LogP contribution in [0.5, 0.6) is 5.75 Å². The van der Waals surface area contributed by atoms with E-state index in [0.29, 0.717) is 66.2 Å². The van der Waals surface area contributed by atoms with Gasteiger partial charge in [-0.15, -0.1) is 0 Å². The number of imidazole rings is 2. The number of hydrogen-bond acceptors (Lipinski definition) is 5. The zero-order chi connectivity index (χ0) is 38.6. The fourth-order valence-corrected chi connectivity index (χ4v) is 6.09. The molecule has 9 nitrogen and oxygen atoms in total. The quantitative estimate of drug-likeness (QED) is 0.128. The number of aromatic amines is 2. The van der Waals surface area contributed by atoms with Gasteiger partial charge < -0.3 is 25.3 Å². The molecule has 2 amide bonds. The molecule has 0 spiro atoms. The minimum absolute atomic E-state index is 0.0630. The average molecular weight is 780 g/mol. The normalized spacial score (nSPS) is 10.9. The summed E-state index contributed by atoms with van der Waals surface area (Å²) in [6, 6.07) is 31.7. The molecular formula is C41H27Cl2F3N6O3. The van der Waals surface area contributed by atoms with Crippen molar-refractivity contribution in [3.8, 4) is 28.5 Å². The summed E-state index contributed by atoms with van der Waals surface area (Å²) in [5.74, 6) is -1.74. The smallest absolute Gasteiger partial charge is 0.255 e. The summed E-state index contributed by atoms with van der Waals surface area (Å²) in [5.41, 5.74) is 4.17. The molecule has 0 saturated heterocycles. The molecule has 8 rings (SSSR count). The van der Waals surface area contributed by atoms with Crippen molar-refractivity contribution in [3.63, 3.8) is 0 Å². The van der Waals surface area contributed by atoms with Gasteiger partial charge in [0.15, 0.2) is 0 Å². The highest BCUT2D eigenvalue weighted by Gasteiger charge is 2.18. The van der Waals surface area contributed by atoms with E-state index in [1.165, 1.54) is 19.2 Å². The van der Waals surface area contributed by atoms with Crippen LogP contribution in [-0.2, 0) is 0 Å². The average Bonchev–Trinajstić information content (AvgIpc) is 3.78. The Hall–Kier alpha value is -6.63. The molecule has 4 N–H and O–H groups in total. The number of ether oxygens (including phenoxy) is 1. The van der Waals surface area contributed by atoms with Crippen LogP contribution in [0.4, 0.5) is 24.5 Å². The number of rotatable bonds is 7. The molecule has 2 aromatic heterocycles. The van der Waals surface area contributed by atoms with Crippen LogP contribution < -0.4 is 15.4 Å². The molecular weight excluding hydrogens is 752 g/mol. The Kier molecular flexibility index (Phi) is 10.5. The van der Waals surface area contributed by atoms with E-state index in [1.54, 1.807) is 97.1 Å². The monoisotopic (exact) mass is 778 g/mol. The highest BCUT2D eigenvalue weighted by Crippen LogP contribution is 2.32. The molecule has 0 aliphatic heterocycles. The van der Waals surface area contributed by atoms with Crippen LogP contribution in [0.1, 0.15) is 20.7 Å². The predicted molar refractivity (Wildman–Crippen MR) is 208 cm³/mol. The molecule has 0 atom stereocenters. The van der Waals surface area contributed by atoms with Crippen molar-refractivity contribution < 1.29 is 27.5 Å². The molecule has 0 radical (unpaired) electrons. The Morgan fingerprint density at radius 3 is 1.49 bits per heavy atom. The molecule has 6 aromatic carbocycles. The van der Waals surface area contributed by atoms with Crippen molar-refractivity contribution in [2.45, 2.75) is 0 Å². The van der Waals surface area contributed by atoms with E-state index in [2.05, 4.69) is 30.6 Å². The number of carbonyl (C=O) groups excluding carboxylic acids is 2. The van der Waals surface area contributed by atoms with Gasteiger partial charge in [0.05, 0.1) is 40.3 Å². The predicted octanol–water partition coefficient (Wildman–Crippen LogP) is 10.7. The first-order valence-corrected chi connectivity index (χ1v) is 17.2. The molecule has 0 unspecified atom stereocenters. The number of H-pyrrole nitrogens is 2. The van der Waals surface area contributed by atoms with Gasteiger partial charge in [-0.3, -0.25) is 9.59 Å². The van der Waals surface area contributed by atoms with Crippen molar-refractivity contribution in [2.75, 3.05) is 17.7 Å². The number of nitrogens with zero attached hydrogens (tertiary/aromatic N) is 2. The maximum absolute atomic E-state index is 14.3. The van der Waals surface area contributed by atoms with Gasteiger partial charge in [-0.25, -0.2) is 23.1 Å². The third-order valence-electron chi connectivity index (χ3n) is 8.28. The molecule has 0 bridgehead atoms. The lowest BCUT2D eigenvalue weighted by molar-refractivity contribution is 0.101. The topological polar surface area (TPSA) is 125 Å². The largest absolute Gasteiger partial charge is 0.496 e. The summed E-state index contributed by atoms with van der Waals surface area (Å²) in [5, 5.41) is 6.58. The van der Waals surface area contributed by atoms with Gasteiger partial charge in [0, 0.05) is 32.5 Å². The fourth-order valence-electron chi connectivity index (χ4n) is 5.71. The number of nitrogens with one attached hydrogen (secondary N) is 4. The van der Waals surface area contributed by atoms with E-state index in [1.807, 2.05) is 0 Å². The minimum atomic E-state index is -0.715. The molecule has 8 aromatic rings. The third kappa shape index (κ3) is 8.15. The maximum atomic E-state index is 14.3. The van der Waals surface area contributed by atoms with E-state index < -0.39 is 17.5 Å². The van der Waals surface area contributed by atoms with Crippen molar-refractivity contribution >= 4 is 68.5 Å². The van der Waals surface area contributed by atoms with Crippen molar-refractivity contribution in [1.29, 1.82) is 0 Å². The Bertz CT molecular complexity index is 2710. The molecule has 2 heterocycles. The van der Waals surface area contributed by atoms with Gasteiger partial charge in [-0.05, 0) is 97.1 Å². The summed E-state index contributed by atoms with van der Waals surface area (Å²) < 4.78 is 47.5. The lowest BCUT2D eigenvalue weighted by Gasteiger charge is -2.06. The fraction of sp³-hybridized carbons (Fsp3) is 0.0244. The number of fused-ring (bicyclic) bond motifs is 2. The first-order valence-electron chi connectivity index (χ1n) is 16.5. The van der Waals surface area contributed by atoms with Crippen LogP contribution in [0.2, 0.25) is 10.0 Å². The van der Waals surface area contributed by atoms with Crippen LogP contribution in [0.25, 0.3) is 44.8 Å². The molecule has 0 aliphatic carbocycles. The molecule has 274 valence electrons. The van der Waals surface area contributed by atoms with Crippen LogP contribution in [-0.4, -0.2) is 38.9 Å². The van der Waals surface area contributed by atoms with Gasteiger partial charge in [0.1, 0.15) is 34.8 Å². The number of methoxy groups -OCH3 is 1. The van der Waals surface area contributed by atoms with Crippen LogP contribution >= 0.6 is 23.2 Å². The highest BCUT2D eigenvalue weighted by atomic mass is 35.5. The van der Waals surface area contributed by atoms with E-state index >= 15 is 0 Å². The van der Waals surface area contributed by atoms with E-state index in [-0.39, 0.29) is 28.8 Å². The number of benzene rings is 6. The third-order valence-corrected chi connectivity index (χ3v) is 8.75. The van der Waals surface area contributed by atoms with Crippen LogP contribution in [0, 0.1) is 17.5 Å². The van der Waals surface area contributed by atoms with Gasteiger partial charge >= 0.3 is 0 Å². The zero-order valence-electron chi connectivity index (χ0n) is 28.6. The number of amides is 2. The molecule has 0 fully saturated rings. The van der Waals surface area contributed by atoms with Gasteiger partial charge in [-0.1, -0.05) is 47.5 Å². The van der Waals surface area contributed by atoms with E-state index in [0.717, 1.165) is 12.1 Å². The van der Waals surface area contributed by atoms with Gasteiger partial charge in [0.2, 0.25) is 0 Å². The Morgan fingerprint density at radius 2 is 1.02 bits per heavy atom. The zero-order valence-corrected chi connectivity index (χ0v) is 30.1. The summed E-state index contributed by atoms with van der Waals surface area (Å²) in [7, 11) is 1.47. The second kappa shape index (κ2) is 15.8. The van der Waals surface area contributed by atoms with Crippen molar-refractivity contribution in [1.82, 2.24) is 19.9 Å². The van der Waals surface area contributed by atoms with Crippen molar-refractivity contribution in [3.05, 3.63) is 160 Å². The maximum Gasteiger partial charge on any atom is 0.255 e. The van der Waals surface area contributed by atoms with Crippen LogP contribution in [0.15, 0.2) is 121 Å². The first kappa shape index (κ1) is 36.7. The van der Waals surface area contributed by atoms with Crippen molar-refractivity contribution in [2.24, 2.45) is 0 Å². The summed E-state index contributed by atoms with van der Waals surface area (Å²) in [4.78, 5) is 39.6. The lowest BCUT2D eigenvalue weighted by atomic mass is 10.2. The molecule has 0 aliphatic rings. The summed E-state index contributed by atoms with van der Waals surface area (Å²) >= 11 is 11.9. The molecule has 55 heavy (non-hydrogen) atoms. The standard InChI is InChI=1S/C21H15ClFN3O2.C20H12ClF2N3O/c1-28-18-7-3-6-15(23)19(18)20-25-16-9-8-12(10-17(16)26-20)21(27)24-14-5-2-4-13(22)11-14;21-12-3-1-4-13(10-12)24-20(27)11-7-8-16-17(9-11)26-19(25-16)18-14(22)5-2-6-15(18)23/h2-11H,1H3,(H,24,27)(H,25,26);1-10H,(H,24,27)(H,25,26). The molecule has 0 saturated carbocycles. The van der Waals surface area contributed by atoms with Gasteiger partial charge in [0.25, 0.3) is 11.8 Å². The second-order valence-corrected chi connectivity index (χ2v) is 12.9. The number of carbonyl (C=O) groups is 2. The summed E-state index contributed by atoms with van der Waals surface area (Å²) in [6.07, 6.45) is 0. The van der Waals surface area contributed by atoms with E-state index in [9.17, 15) is 22.8 Å². The minimum Gasteiger partial charge on any atom is -0.496 e. The second-order valence-electron chi connectivity index (χ2n) is 12.0. The lowest BCUT2D eigenvalue weighted by Crippen LogP contribution is -2.11. The van der Waals surface area contributed by atoms with Gasteiger partial charge in [-0.2, -0.15) is 0 Å². The van der Waals surface area contributed by atoms with Crippen LogP contribution in [0.3, 0.4) is 0 Å². The summed E-state index contributed by atoms with van der Waals surface area (Å²) in [6.45, 7) is 0. The highest BCUT2D eigenvalue weighted by molar-refractivity contribution is 6.31. The Balaban J connectivity index is 0.000000169. The Morgan fingerprint density at radius 1 is 0.582 bits per heavy atom. The number of aromatic nitrogens is 4. The SMILES string of the molecule is COc1cccc(F)c1-c1nc2ccc(C(=O)Nc3cccc(Cl)c3)cc2[nH]1.O=C(Nc1cccc(Cl)c1)c1ccc2nc(-c3c(F)cccc3F)[nH]c2c1. The Labute approximate surface area is 321 Å². The first-order chi connectivity index (χ1) is 26.6. The van der Waals surface area contributed by atoms with E-state index in [4.69, 9.17) is 27.9 Å². The number of halogens is 5. The molecule has 14 heteroatoms. The number of anilines is 2. The number of hydrogen-bond donors (Lipinski definition) is 4.